The highest BCUT2D eigenvalue weighted by Crippen LogP contribution is 2.30. The van der Waals surface area contributed by atoms with Crippen LogP contribution in [0.2, 0.25) is 0 Å². The molecule has 0 N–H and O–H groups in total. The zero-order valence-electron chi connectivity index (χ0n) is 15.4. The third kappa shape index (κ3) is 3.74. The van der Waals surface area contributed by atoms with Gasteiger partial charge in [-0.05, 0) is 50.2 Å². The second-order valence-corrected chi connectivity index (χ2v) is 8.13. The molecule has 3 rings (SSSR count). The highest BCUT2D eigenvalue weighted by Gasteiger charge is 2.28. The van der Waals surface area contributed by atoms with Crippen molar-refractivity contribution in [2.24, 2.45) is 0 Å². The van der Waals surface area contributed by atoms with Crippen LogP contribution in [0.3, 0.4) is 0 Å². The average Bonchev–Trinajstić information content (AvgIpc) is 3.11. The molecule has 0 amide bonds. The van der Waals surface area contributed by atoms with Crippen molar-refractivity contribution in [3.8, 4) is 0 Å². The maximum Gasteiger partial charge on any atom is 0.338 e. The van der Waals surface area contributed by atoms with E-state index < -0.39 is 22.0 Å². The molecule has 3 aromatic rings. The molecule has 1 unspecified atom stereocenters. The minimum atomic E-state index is -3.76. The first kappa shape index (κ1) is 19.1. The van der Waals surface area contributed by atoms with Gasteiger partial charge in [0.05, 0.1) is 23.1 Å². The number of hydrogen-bond acceptors (Lipinski definition) is 5. The van der Waals surface area contributed by atoms with E-state index in [1.807, 2.05) is 30.3 Å². The Morgan fingerprint density at radius 3 is 2.44 bits per heavy atom. The van der Waals surface area contributed by atoms with Crippen LogP contribution < -0.4 is 0 Å². The van der Waals surface area contributed by atoms with Crippen LogP contribution in [-0.2, 0) is 14.8 Å². The van der Waals surface area contributed by atoms with Gasteiger partial charge in [-0.25, -0.2) is 13.2 Å². The molecule has 0 fully saturated rings. The van der Waals surface area contributed by atoms with Crippen molar-refractivity contribution < 1.29 is 22.4 Å². The fourth-order valence-electron chi connectivity index (χ4n) is 2.74. The summed E-state index contributed by atoms with van der Waals surface area (Å²) in [5, 5.41) is 0.920. The summed E-state index contributed by atoms with van der Waals surface area (Å²) in [6, 6.07) is 14.6. The maximum atomic E-state index is 12.9. The van der Waals surface area contributed by atoms with Crippen LogP contribution in [0.15, 0.2) is 63.9 Å². The number of nitrogens with zero attached hydrogens (tertiary/aromatic N) is 1. The monoisotopic (exact) mass is 387 g/mol. The van der Waals surface area contributed by atoms with Gasteiger partial charge in [-0.3, -0.25) is 0 Å². The fourth-order valence-corrected chi connectivity index (χ4v) is 4.07. The van der Waals surface area contributed by atoms with Crippen molar-refractivity contribution >= 4 is 27.0 Å². The summed E-state index contributed by atoms with van der Waals surface area (Å²) in [5.74, 6) is 0.0795. The number of benzene rings is 2. The molecule has 2 aromatic carbocycles. The standard InChI is InChI=1S/C20H21NO5S/c1-4-25-20(22)15-9-11-17(12-10-15)27(23,24)21(3)14(2)19-13-16-7-5-6-8-18(16)26-19/h5-14H,4H2,1-3H3. The predicted molar refractivity (Wildman–Crippen MR) is 102 cm³/mol. The summed E-state index contributed by atoms with van der Waals surface area (Å²) in [6.07, 6.45) is 0. The zero-order valence-corrected chi connectivity index (χ0v) is 16.2. The maximum absolute atomic E-state index is 12.9. The Morgan fingerprint density at radius 1 is 1.15 bits per heavy atom. The van der Waals surface area contributed by atoms with Gasteiger partial charge < -0.3 is 9.15 Å². The quantitative estimate of drug-likeness (QED) is 0.598. The van der Waals surface area contributed by atoms with E-state index >= 15 is 0 Å². The van der Waals surface area contributed by atoms with E-state index in [-0.39, 0.29) is 11.5 Å². The second-order valence-electron chi connectivity index (χ2n) is 6.13. The molecule has 6 nitrogen and oxygen atoms in total. The SMILES string of the molecule is CCOC(=O)c1ccc(S(=O)(=O)N(C)C(C)c2cc3ccccc3o2)cc1. The molecule has 0 saturated heterocycles. The third-order valence-electron chi connectivity index (χ3n) is 4.44. The summed E-state index contributed by atoms with van der Waals surface area (Å²) in [5.41, 5.74) is 1.02. The minimum absolute atomic E-state index is 0.0982. The average molecular weight is 387 g/mol. The van der Waals surface area contributed by atoms with Gasteiger partial charge in [-0.2, -0.15) is 4.31 Å². The first-order valence-corrected chi connectivity index (χ1v) is 10.0. The van der Waals surface area contributed by atoms with Crippen LogP contribution >= 0.6 is 0 Å². The lowest BCUT2D eigenvalue weighted by Gasteiger charge is -2.22. The molecular weight excluding hydrogens is 366 g/mol. The number of carbonyl (C=O) groups excluding carboxylic acids is 1. The number of hydrogen-bond donors (Lipinski definition) is 0. The molecule has 1 atom stereocenters. The molecule has 0 bridgehead atoms. The molecule has 27 heavy (non-hydrogen) atoms. The van der Waals surface area contributed by atoms with Crippen LogP contribution in [-0.4, -0.2) is 32.3 Å². The summed E-state index contributed by atoms with van der Waals surface area (Å²) in [4.78, 5) is 11.8. The first-order chi connectivity index (χ1) is 12.8. The molecule has 0 aliphatic rings. The molecule has 0 aliphatic carbocycles. The van der Waals surface area contributed by atoms with Crippen LogP contribution in [0.4, 0.5) is 0 Å². The van der Waals surface area contributed by atoms with Crippen molar-refractivity contribution in [2.45, 2.75) is 24.8 Å². The number of furan rings is 1. The van der Waals surface area contributed by atoms with E-state index in [1.54, 1.807) is 13.8 Å². The first-order valence-electron chi connectivity index (χ1n) is 8.58. The molecule has 1 aromatic heterocycles. The van der Waals surface area contributed by atoms with Crippen molar-refractivity contribution in [1.29, 1.82) is 0 Å². The Labute approximate surface area is 158 Å². The van der Waals surface area contributed by atoms with Gasteiger partial charge in [0.1, 0.15) is 11.3 Å². The molecule has 0 radical (unpaired) electrons. The van der Waals surface area contributed by atoms with Crippen molar-refractivity contribution in [1.82, 2.24) is 4.31 Å². The van der Waals surface area contributed by atoms with E-state index in [0.29, 0.717) is 16.9 Å². The van der Waals surface area contributed by atoms with Crippen molar-refractivity contribution in [2.75, 3.05) is 13.7 Å². The Morgan fingerprint density at radius 2 is 1.81 bits per heavy atom. The van der Waals surface area contributed by atoms with E-state index in [2.05, 4.69) is 0 Å². The van der Waals surface area contributed by atoms with E-state index in [0.717, 1.165) is 5.39 Å². The molecule has 0 spiro atoms. The topological polar surface area (TPSA) is 76.8 Å². The van der Waals surface area contributed by atoms with Crippen LogP contribution in [0.1, 0.15) is 36.0 Å². The summed E-state index contributed by atoms with van der Waals surface area (Å²) in [7, 11) is -2.25. The Balaban J connectivity index is 1.85. The summed E-state index contributed by atoms with van der Waals surface area (Å²) in [6.45, 7) is 3.74. The molecule has 0 aliphatic heterocycles. The predicted octanol–water partition coefficient (Wildman–Crippen LogP) is 3.99. The molecular formula is C20H21NO5S. The Hall–Kier alpha value is -2.64. The molecule has 142 valence electrons. The highest BCUT2D eigenvalue weighted by molar-refractivity contribution is 7.89. The number of esters is 1. The van der Waals surface area contributed by atoms with Crippen LogP contribution in [0.25, 0.3) is 11.0 Å². The van der Waals surface area contributed by atoms with Gasteiger partial charge in [0, 0.05) is 12.4 Å². The lowest BCUT2D eigenvalue weighted by molar-refractivity contribution is 0.0526. The second kappa shape index (κ2) is 7.54. The number of para-hydroxylation sites is 1. The van der Waals surface area contributed by atoms with Gasteiger partial charge in [-0.15, -0.1) is 0 Å². The molecule has 0 saturated carbocycles. The highest BCUT2D eigenvalue weighted by atomic mass is 32.2. The summed E-state index contributed by atoms with van der Waals surface area (Å²) >= 11 is 0. The van der Waals surface area contributed by atoms with Crippen molar-refractivity contribution in [3.63, 3.8) is 0 Å². The number of sulfonamides is 1. The summed E-state index contributed by atoms with van der Waals surface area (Å²) < 4.78 is 37.8. The number of carbonyl (C=O) groups is 1. The number of rotatable bonds is 6. The number of ether oxygens (including phenoxy) is 1. The lowest BCUT2D eigenvalue weighted by Crippen LogP contribution is -2.29. The normalized spacial score (nSPS) is 13.0. The Bertz CT molecular complexity index is 1020. The third-order valence-corrected chi connectivity index (χ3v) is 6.39. The Kier molecular flexibility index (Phi) is 5.34. The van der Waals surface area contributed by atoms with Gasteiger partial charge in [0.2, 0.25) is 10.0 Å². The molecule has 1 heterocycles. The fraction of sp³-hybridized carbons (Fsp3) is 0.250. The lowest BCUT2D eigenvalue weighted by atomic mass is 10.2. The van der Waals surface area contributed by atoms with E-state index in [1.165, 1.54) is 35.6 Å². The zero-order chi connectivity index (χ0) is 19.6. The van der Waals surface area contributed by atoms with Gasteiger partial charge >= 0.3 is 5.97 Å². The molecule has 7 heteroatoms. The van der Waals surface area contributed by atoms with Crippen LogP contribution in [0.5, 0.6) is 0 Å². The van der Waals surface area contributed by atoms with Crippen molar-refractivity contribution in [3.05, 3.63) is 65.9 Å². The van der Waals surface area contributed by atoms with Crippen LogP contribution in [0, 0.1) is 0 Å². The van der Waals surface area contributed by atoms with Gasteiger partial charge in [-0.1, -0.05) is 18.2 Å². The minimum Gasteiger partial charge on any atom is -0.462 e. The van der Waals surface area contributed by atoms with Gasteiger partial charge in [0.15, 0.2) is 0 Å². The van der Waals surface area contributed by atoms with E-state index in [9.17, 15) is 13.2 Å². The van der Waals surface area contributed by atoms with E-state index in [4.69, 9.17) is 9.15 Å². The number of fused-ring (bicyclic) bond motifs is 1. The largest absolute Gasteiger partial charge is 0.462 e. The van der Waals surface area contributed by atoms with Gasteiger partial charge in [0.25, 0.3) is 0 Å². The smallest absolute Gasteiger partial charge is 0.338 e.